The Hall–Kier alpha value is -2.26. The van der Waals surface area contributed by atoms with E-state index in [1.807, 2.05) is 0 Å². The molecule has 26 heavy (non-hydrogen) atoms. The molecule has 9 heteroatoms. The summed E-state index contributed by atoms with van der Waals surface area (Å²) in [5.41, 5.74) is -0.209. The van der Waals surface area contributed by atoms with Gasteiger partial charge in [0.05, 0.1) is 12.6 Å². The van der Waals surface area contributed by atoms with Crippen molar-refractivity contribution in [2.75, 3.05) is 33.2 Å². The standard InChI is InChI=1S/C17H26N6O3/c1-11(12(2)24)23-13(10-22-8-6-19(3)7-9-22)18-15-14(23)16(25)21(5)17(26)20(15)4/h11H,6-10H2,1-5H3/t11-/m1/s1. The van der Waals surface area contributed by atoms with Crippen LogP contribution in [-0.4, -0.2) is 67.5 Å². The van der Waals surface area contributed by atoms with Crippen molar-refractivity contribution in [3.8, 4) is 0 Å². The second-order valence-electron chi connectivity index (χ2n) is 7.14. The van der Waals surface area contributed by atoms with E-state index in [4.69, 9.17) is 0 Å². The van der Waals surface area contributed by atoms with Gasteiger partial charge in [-0.2, -0.15) is 0 Å². The fourth-order valence-electron chi connectivity index (χ4n) is 3.38. The molecule has 0 spiro atoms. The number of nitrogens with zero attached hydrogens (tertiary/aromatic N) is 6. The SMILES string of the molecule is CC(=O)[C@@H](C)n1c(CN2CCN(C)CC2)nc2c1c(=O)n(C)c(=O)n2C. The molecule has 0 amide bonds. The molecule has 2 aromatic rings. The van der Waals surface area contributed by atoms with Crippen molar-refractivity contribution in [3.63, 3.8) is 0 Å². The zero-order valence-corrected chi connectivity index (χ0v) is 16.0. The monoisotopic (exact) mass is 362 g/mol. The summed E-state index contributed by atoms with van der Waals surface area (Å²) in [4.78, 5) is 46.2. The number of likely N-dealkylation sites (N-methyl/N-ethyl adjacent to an activating group) is 1. The first kappa shape index (κ1) is 18.5. The van der Waals surface area contributed by atoms with Crippen molar-refractivity contribution < 1.29 is 4.79 Å². The Balaban J connectivity index is 2.18. The molecule has 1 aliphatic heterocycles. The summed E-state index contributed by atoms with van der Waals surface area (Å²) in [7, 11) is 5.13. The molecule has 1 fully saturated rings. The molecule has 1 saturated heterocycles. The number of aryl methyl sites for hydroxylation is 1. The Morgan fingerprint density at radius 2 is 1.69 bits per heavy atom. The number of piperazine rings is 1. The Kier molecular flexibility index (Phi) is 4.85. The van der Waals surface area contributed by atoms with Gasteiger partial charge in [0.15, 0.2) is 16.9 Å². The zero-order valence-electron chi connectivity index (χ0n) is 16.0. The second-order valence-corrected chi connectivity index (χ2v) is 7.14. The van der Waals surface area contributed by atoms with Gasteiger partial charge in [-0.15, -0.1) is 0 Å². The predicted molar refractivity (Wildman–Crippen MR) is 98.4 cm³/mol. The molecule has 1 aliphatic rings. The predicted octanol–water partition coefficient (Wildman–Crippen LogP) is -0.669. The Labute approximate surface area is 151 Å². The third-order valence-corrected chi connectivity index (χ3v) is 5.30. The summed E-state index contributed by atoms with van der Waals surface area (Å²) in [6.07, 6.45) is 0. The lowest BCUT2D eigenvalue weighted by molar-refractivity contribution is -0.119. The van der Waals surface area contributed by atoms with Crippen LogP contribution in [0.5, 0.6) is 0 Å². The molecule has 3 rings (SSSR count). The maximum atomic E-state index is 12.8. The number of ketones is 1. The van der Waals surface area contributed by atoms with Crippen molar-refractivity contribution in [2.45, 2.75) is 26.4 Å². The number of aromatic nitrogens is 4. The minimum atomic E-state index is -0.521. The van der Waals surface area contributed by atoms with E-state index in [9.17, 15) is 14.4 Å². The molecular formula is C17H26N6O3. The van der Waals surface area contributed by atoms with Crippen LogP contribution >= 0.6 is 0 Å². The van der Waals surface area contributed by atoms with Gasteiger partial charge in [-0.3, -0.25) is 23.6 Å². The number of rotatable bonds is 4. The van der Waals surface area contributed by atoms with Gasteiger partial charge < -0.3 is 9.47 Å². The number of Topliss-reactive ketones (excluding diaryl/α,β-unsaturated/α-hetero) is 1. The molecule has 9 nitrogen and oxygen atoms in total. The largest absolute Gasteiger partial charge is 0.332 e. The van der Waals surface area contributed by atoms with Crippen molar-refractivity contribution >= 4 is 16.9 Å². The number of carbonyl (C=O) groups is 1. The van der Waals surface area contributed by atoms with E-state index in [-0.39, 0.29) is 5.78 Å². The van der Waals surface area contributed by atoms with Crippen LogP contribution in [0.1, 0.15) is 25.7 Å². The molecule has 0 aliphatic carbocycles. The van der Waals surface area contributed by atoms with Crippen LogP contribution in [0.2, 0.25) is 0 Å². The van der Waals surface area contributed by atoms with E-state index < -0.39 is 17.3 Å². The molecule has 0 N–H and O–H groups in total. The molecule has 0 radical (unpaired) electrons. The lowest BCUT2D eigenvalue weighted by atomic mass is 10.2. The third-order valence-electron chi connectivity index (χ3n) is 5.30. The second kappa shape index (κ2) is 6.81. The van der Waals surface area contributed by atoms with Gasteiger partial charge in [-0.1, -0.05) is 0 Å². The summed E-state index contributed by atoms with van der Waals surface area (Å²) in [5.74, 6) is 0.588. The van der Waals surface area contributed by atoms with Crippen LogP contribution in [-0.2, 0) is 25.4 Å². The normalized spacial score (nSPS) is 17.7. The first-order valence-corrected chi connectivity index (χ1v) is 8.80. The summed E-state index contributed by atoms with van der Waals surface area (Å²) in [6.45, 7) is 7.52. The van der Waals surface area contributed by atoms with Crippen LogP contribution < -0.4 is 11.2 Å². The van der Waals surface area contributed by atoms with E-state index in [1.54, 1.807) is 18.5 Å². The van der Waals surface area contributed by atoms with E-state index in [0.717, 1.165) is 30.7 Å². The molecule has 142 valence electrons. The van der Waals surface area contributed by atoms with Crippen molar-refractivity contribution in [2.24, 2.45) is 14.1 Å². The summed E-state index contributed by atoms with van der Waals surface area (Å²) >= 11 is 0. The fraction of sp³-hybridized carbons (Fsp3) is 0.647. The van der Waals surface area contributed by atoms with E-state index in [2.05, 4.69) is 21.8 Å². The average Bonchev–Trinajstić information content (AvgIpc) is 2.98. The summed E-state index contributed by atoms with van der Waals surface area (Å²) in [6, 6.07) is -0.521. The highest BCUT2D eigenvalue weighted by Crippen LogP contribution is 2.20. The van der Waals surface area contributed by atoms with Crippen LogP contribution in [0.15, 0.2) is 9.59 Å². The van der Waals surface area contributed by atoms with Crippen LogP contribution in [0.3, 0.4) is 0 Å². The third kappa shape index (κ3) is 3.01. The molecule has 0 aromatic carbocycles. The minimum absolute atomic E-state index is 0.0557. The Morgan fingerprint density at radius 3 is 2.27 bits per heavy atom. The maximum absolute atomic E-state index is 12.8. The van der Waals surface area contributed by atoms with Crippen LogP contribution in [0.25, 0.3) is 11.2 Å². The van der Waals surface area contributed by atoms with Gasteiger partial charge in [-0.05, 0) is 20.9 Å². The highest BCUT2D eigenvalue weighted by atomic mass is 16.2. The molecule has 0 bridgehead atoms. The van der Waals surface area contributed by atoms with Gasteiger partial charge in [0.25, 0.3) is 5.56 Å². The van der Waals surface area contributed by atoms with E-state index >= 15 is 0 Å². The van der Waals surface area contributed by atoms with Gasteiger partial charge in [0.1, 0.15) is 5.82 Å². The van der Waals surface area contributed by atoms with Gasteiger partial charge >= 0.3 is 5.69 Å². The molecule has 0 unspecified atom stereocenters. The highest BCUT2D eigenvalue weighted by Gasteiger charge is 2.26. The number of fused-ring (bicyclic) bond motifs is 1. The van der Waals surface area contributed by atoms with E-state index in [1.165, 1.54) is 18.5 Å². The zero-order chi connectivity index (χ0) is 19.2. The summed E-state index contributed by atoms with van der Waals surface area (Å²) in [5, 5.41) is 0. The number of carbonyl (C=O) groups excluding carboxylic acids is 1. The lowest BCUT2D eigenvalue weighted by Gasteiger charge is -2.32. The maximum Gasteiger partial charge on any atom is 0.332 e. The molecule has 0 saturated carbocycles. The fourth-order valence-corrected chi connectivity index (χ4v) is 3.38. The van der Waals surface area contributed by atoms with Gasteiger partial charge in [0.2, 0.25) is 0 Å². The Morgan fingerprint density at radius 1 is 1.08 bits per heavy atom. The number of hydrogen-bond donors (Lipinski definition) is 0. The van der Waals surface area contributed by atoms with E-state index in [0.29, 0.717) is 23.5 Å². The van der Waals surface area contributed by atoms with Gasteiger partial charge in [0, 0.05) is 40.3 Å². The smallest absolute Gasteiger partial charge is 0.311 e. The average molecular weight is 362 g/mol. The quantitative estimate of drug-likeness (QED) is 0.717. The first-order valence-electron chi connectivity index (χ1n) is 8.80. The minimum Gasteiger partial charge on any atom is -0.311 e. The van der Waals surface area contributed by atoms with Crippen LogP contribution in [0, 0.1) is 0 Å². The lowest BCUT2D eigenvalue weighted by Crippen LogP contribution is -2.44. The first-order chi connectivity index (χ1) is 12.2. The number of imidazole rings is 1. The molecular weight excluding hydrogens is 336 g/mol. The topological polar surface area (TPSA) is 85.4 Å². The Bertz CT molecular complexity index is 962. The molecule has 3 heterocycles. The summed E-state index contributed by atoms with van der Waals surface area (Å²) < 4.78 is 4.14. The van der Waals surface area contributed by atoms with Crippen molar-refractivity contribution in [3.05, 3.63) is 26.7 Å². The van der Waals surface area contributed by atoms with Crippen molar-refractivity contribution in [1.29, 1.82) is 0 Å². The highest BCUT2D eigenvalue weighted by molar-refractivity contribution is 5.82. The number of hydrogen-bond acceptors (Lipinski definition) is 6. The molecule has 1 atom stereocenters. The van der Waals surface area contributed by atoms with Gasteiger partial charge in [-0.25, -0.2) is 9.78 Å². The molecule has 2 aromatic heterocycles. The van der Waals surface area contributed by atoms with Crippen LogP contribution in [0.4, 0.5) is 0 Å². The van der Waals surface area contributed by atoms with Crippen molar-refractivity contribution in [1.82, 2.24) is 28.5 Å².